The summed E-state index contributed by atoms with van der Waals surface area (Å²) in [4.78, 5) is 10.3. The molecule has 4 N–H and O–H groups in total. The van der Waals surface area contributed by atoms with Gasteiger partial charge in [-0.1, -0.05) is 0 Å². The van der Waals surface area contributed by atoms with Crippen molar-refractivity contribution in [2.24, 2.45) is 5.73 Å². The highest BCUT2D eigenvalue weighted by atomic mass is 16.5. The van der Waals surface area contributed by atoms with Crippen LogP contribution in [0.1, 0.15) is 5.56 Å². The lowest BCUT2D eigenvalue weighted by molar-refractivity contribution is 0.157. The van der Waals surface area contributed by atoms with Crippen LogP contribution < -0.4 is 15.8 Å². The molecule has 1 aromatic rings. The van der Waals surface area contributed by atoms with Crippen molar-refractivity contribution in [2.45, 2.75) is 6.54 Å². The van der Waals surface area contributed by atoms with E-state index >= 15 is 0 Å². The van der Waals surface area contributed by atoms with E-state index in [1.165, 1.54) is 0 Å². The molecule has 0 spiro atoms. The van der Waals surface area contributed by atoms with Crippen molar-refractivity contribution in [1.29, 1.82) is 0 Å². The van der Waals surface area contributed by atoms with E-state index in [-0.39, 0.29) is 12.4 Å². The molecule has 0 aliphatic carbocycles. The normalized spacial score (nSPS) is 9.94. The molecule has 17 heavy (non-hydrogen) atoms. The highest BCUT2D eigenvalue weighted by molar-refractivity contribution is 5.64. The molecule has 1 amide bonds. The van der Waals surface area contributed by atoms with E-state index in [9.17, 15) is 9.90 Å². The summed E-state index contributed by atoms with van der Waals surface area (Å²) in [6, 6.07) is 4.97. The number of benzene rings is 1. The number of hydrogen-bond donors (Lipinski definition) is 3. The molecular weight excluding hydrogens is 224 g/mol. The van der Waals surface area contributed by atoms with Crippen LogP contribution in [0.25, 0.3) is 0 Å². The SMILES string of the molecule is COc1ccc(O)c(CNCCOC(N)=O)c1. The van der Waals surface area contributed by atoms with E-state index in [4.69, 9.17) is 10.5 Å². The van der Waals surface area contributed by atoms with Crippen molar-refractivity contribution in [1.82, 2.24) is 5.32 Å². The molecule has 0 atom stereocenters. The first-order chi connectivity index (χ1) is 8.13. The fraction of sp³-hybridized carbons (Fsp3) is 0.364. The zero-order chi connectivity index (χ0) is 12.7. The van der Waals surface area contributed by atoms with E-state index < -0.39 is 6.09 Å². The van der Waals surface area contributed by atoms with Gasteiger partial charge in [0.05, 0.1) is 7.11 Å². The summed E-state index contributed by atoms with van der Waals surface area (Å²) in [7, 11) is 1.56. The number of carbonyl (C=O) groups excluding carboxylic acids is 1. The second-order valence-electron chi connectivity index (χ2n) is 3.34. The first-order valence-corrected chi connectivity index (χ1v) is 5.12. The molecule has 0 heterocycles. The zero-order valence-electron chi connectivity index (χ0n) is 9.60. The quantitative estimate of drug-likeness (QED) is 0.632. The van der Waals surface area contributed by atoms with E-state index in [0.29, 0.717) is 24.4 Å². The number of aromatic hydroxyl groups is 1. The van der Waals surface area contributed by atoms with Crippen molar-refractivity contribution in [3.05, 3.63) is 23.8 Å². The van der Waals surface area contributed by atoms with Gasteiger partial charge in [0.15, 0.2) is 0 Å². The van der Waals surface area contributed by atoms with E-state index in [0.717, 1.165) is 0 Å². The van der Waals surface area contributed by atoms with E-state index in [1.54, 1.807) is 25.3 Å². The Kier molecular flexibility index (Phi) is 5.09. The van der Waals surface area contributed by atoms with Gasteiger partial charge in [0, 0.05) is 18.7 Å². The molecule has 94 valence electrons. The average Bonchev–Trinajstić information content (AvgIpc) is 2.30. The second-order valence-corrected chi connectivity index (χ2v) is 3.34. The standard InChI is InChI=1S/C11H16N2O4/c1-16-9-2-3-10(14)8(6-9)7-13-4-5-17-11(12)15/h2-3,6,13-14H,4-5,7H2,1H3,(H2,12,15). The summed E-state index contributed by atoms with van der Waals surface area (Å²) in [5.74, 6) is 0.863. The van der Waals surface area contributed by atoms with Gasteiger partial charge >= 0.3 is 6.09 Å². The molecule has 0 fully saturated rings. The van der Waals surface area contributed by atoms with E-state index in [2.05, 4.69) is 10.1 Å². The lowest BCUT2D eigenvalue weighted by Crippen LogP contribution is -2.23. The molecule has 0 saturated carbocycles. The lowest BCUT2D eigenvalue weighted by Gasteiger charge is -2.08. The largest absolute Gasteiger partial charge is 0.508 e. The number of rotatable bonds is 6. The van der Waals surface area contributed by atoms with E-state index in [1.807, 2.05) is 0 Å². The Bertz CT molecular complexity index is 382. The molecule has 0 aliphatic rings. The van der Waals surface area contributed by atoms with Crippen LogP contribution in [0.3, 0.4) is 0 Å². The monoisotopic (exact) mass is 240 g/mol. The fourth-order valence-corrected chi connectivity index (χ4v) is 1.28. The van der Waals surface area contributed by atoms with Crippen LogP contribution in [0.4, 0.5) is 4.79 Å². The van der Waals surface area contributed by atoms with Crippen LogP contribution in [0, 0.1) is 0 Å². The smallest absolute Gasteiger partial charge is 0.404 e. The summed E-state index contributed by atoms with van der Waals surface area (Å²) < 4.78 is 9.59. The Morgan fingerprint density at radius 3 is 2.94 bits per heavy atom. The maximum absolute atomic E-state index is 10.3. The number of ether oxygens (including phenoxy) is 2. The van der Waals surface area contributed by atoms with Crippen LogP contribution in [0.5, 0.6) is 11.5 Å². The fourth-order valence-electron chi connectivity index (χ4n) is 1.28. The minimum absolute atomic E-state index is 0.189. The van der Waals surface area contributed by atoms with Gasteiger partial charge in [0.25, 0.3) is 0 Å². The van der Waals surface area contributed by atoms with Crippen molar-refractivity contribution in [2.75, 3.05) is 20.3 Å². The van der Waals surface area contributed by atoms with Gasteiger partial charge in [-0.3, -0.25) is 0 Å². The lowest BCUT2D eigenvalue weighted by atomic mass is 10.2. The van der Waals surface area contributed by atoms with Crippen LogP contribution >= 0.6 is 0 Å². The molecule has 0 radical (unpaired) electrons. The Balaban J connectivity index is 2.38. The maximum atomic E-state index is 10.3. The van der Waals surface area contributed by atoms with Gasteiger partial charge in [-0.05, 0) is 18.2 Å². The molecule has 1 aromatic carbocycles. The number of carbonyl (C=O) groups is 1. The summed E-state index contributed by atoms with van der Waals surface area (Å²) in [5.41, 5.74) is 5.51. The molecular formula is C11H16N2O4. The third kappa shape index (κ3) is 4.60. The third-order valence-corrected chi connectivity index (χ3v) is 2.13. The molecule has 0 unspecified atom stereocenters. The van der Waals surface area contributed by atoms with Crippen molar-refractivity contribution >= 4 is 6.09 Å². The predicted molar refractivity (Wildman–Crippen MR) is 61.9 cm³/mol. The average molecular weight is 240 g/mol. The second kappa shape index (κ2) is 6.59. The topological polar surface area (TPSA) is 93.8 Å². The van der Waals surface area contributed by atoms with Crippen molar-refractivity contribution in [3.63, 3.8) is 0 Å². The highest BCUT2D eigenvalue weighted by Gasteiger charge is 2.02. The minimum Gasteiger partial charge on any atom is -0.508 e. The van der Waals surface area contributed by atoms with Crippen LogP contribution in [-0.4, -0.2) is 31.5 Å². The summed E-state index contributed by atoms with van der Waals surface area (Å²) in [6.07, 6.45) is -0.795. The molecule has 6 nitrogen and oxygen atoms in total. The van der Waals surface area contributed by atoms with Crippen molar-refractivity contribution in [3.8, 4) is 11.5 Å². The van der Waals surface area contributed by atoms with Crippen LogP contribution in [-0.2, 0) is 11.3 Å². The van der Waals surface area contributed by atoms with Crippen molar-refractivity contribution < 1.29 is 19.4 Å². The molecule has 1 rings (SSSR count). The Morgan fingerprint density at radius 1 is 1.53 bits per heavy atom. The Morgan fingerprint density at radius 2 is 2.29 bits per heavy atom. The first-order valence-electron chi connectivity index (χ1n) is 5.12. The number of amides is 1. The van der Waals surface area contributed by atoms with Gasteiger partial charge in [-0.15, -0.1) is 0 Å². The molecule has 0 bridgehead atoms. The minimum atomic E-state index is -0.795. The highest BCUT2D eigenvalue weighted by Crippen LogP contribution is 2.22. The zero-order valence-corrected chi connectivity index (χ0v) is 9.60. The number of phenolic OH excluding ortho intramolecular Hbond substituents is 1. The molecule has 6 heteroatoms. The van der Waals surface area contributed by atoms with Gasteiger partial charge in [0.1, 0.15) is 18.1 Å². The maximum Gasteiger partial charge on any atom is 0.404 e. The molecule has 0 saturated heterocycles. The number of nitrogens with one attached hydrogen (secondary N) is 1. The van der Waals surface area contributed by atoms with Gasteiger partial charge in [0.2, 0.25) is 0 Å². The first kappa shape index (κ1) is 13.1. The van der Waals surface area contributed by atoms with Gasteiger partial charge < -0.3 is 25.6 Å². The van der Waals surface area contributed by atoms with Crippen LogP contribution in [0.2, 0.25) is 0 Å². The third-order valence-electron chi connectivity index (χ3n) is 2.13. The number of phenols is 1. The number of nitrogens with two attached hydrogens (primary N) is 1. The number of hydrogen-bond acceptors (Lipinski definition) is 5. The Labute approximate surface area is 99.3 Å². The predicted octanol–water partition coefficient (Wildman–Crippen LogP) is 0.586. The summed E-state index contributed by atoms with van der Waals surface area (Å²) >= 11 is 0. The number of primary amides is 1. The summed E-state index contributed by atoms with van der Waals surface area (Å²) in [5, 5.41) is 12.6. The summed E-state index contributed by atoms with van der Waals surface area (Å²) in [6.45, 7) is 1.10. The number of methoxy groups -OCH3 is 1. The Hall–Kier alpha value is -1.95. The van der Waals surface area contributed by atoms with Crippen LogP contribution in [0.15, 0.2) is 18.2 Å². The molecule has 0 aliphatic heterocycles. The van der Waals surface area contributed by atoms with Gasteiger partial charge in [-0.25, -0.2) is 4.79 Å². The molecule has 0 aromatic heterocycles. The van der Waals surface area contributed by atoms with Gasteiger partial charge in [-0.2, -0.15) is 0 Å².